The Morgan fingerprint density at radius 3 is 2.50 bits per heavy atom. The summed E-state index contributed by atoms with van der Waals surface area (Å²) in [5.41, 5.74) is 0.838. The van der Waals surface area contributed by atoms with Gasteiger partial charge in [-0.05, 0) is 19.9 Å². The van der Waals surface area contributed by atoms with Gasteiger partial charge in [0.2, 0.25) is 0 Å². The Balaban J connectivity index is 2.07. The summed E-state index contributed by atoms with van der Waals surface area (Å²) in [6.07, 6.45) is 0.882. The van der Waals surface area contributed by atoms with Gasteiger partial charge in [0.15, 0.2) is 5.78 Å². The van der Waals surface area contributed by atoms with Gasteiger partial charge in [-0.3, -0.25) is 14.6 Å². The van der Waals surface area contributed by atoms with Gasteiger partial charge < -0.3 is 0 Å². The fraction of sp³-hybridized carbons (Fsp3) is 0.588. The Morgan fingerprint density at radius 2 is 1.95 bits per heavy atom. The molecule has 1 aliphatic rings. The average Bonchev–Trinajstić information content (AvgIpc) is 2.49. The van der Waals surface area contributed by atoms with Crippen LogP contribution in [0.1, 0.15) is 37.6 Å². The molecule has 0 saturated carbocycles. The Kier molecular flexibility index (Phi) is 5.32. The molecule has 20 heavy (non-hydrogen) atoms. The Hall–Kier alpha value is -1.19. The smallest absolute Gasteiger partial charge is 0.179 e. The summed E-state index contributed by atoms with van der Waals surface area (Å²) in [6, 6.07) is 10.3. The van der Waals surface area contributed by atoms with E-state index in [2.05, 4.69) is 30.6 Å². The molecule has 1 aromatic rings. The quantitative estimate of drug-likeness (QED) is 0.771. The van der Waals surface area contributed by atoms with Crippen molar-refractivity contribution < 1.29 is 4.79 Å². The van der Waals surface area contributed by atoms with E-state index in [0.29, 0.717) is 6.04 Å². The normalized spacial score (nSPS) is 22.6. The zero-order valence-corrected chi connectivity index (χ0v) is 12.9. The number of ketones is 1. The van der Waals surface area contributed by atoms with Crippen LogP contribution in [0.2, 0.25) is 0 Å². The predicted molar refractivity (Wildman–Crippen MR) is 83.1 cm³/mol. The second-order valence-electron chi connectivity index (χ2n) is 5.63. The van der Waals surface area contributed by atoms with E-state index >= 15 is 0 Å². The topological polar surface area (TPSA) is 23.6 Å². The van der Waals surface area contributed by atoms with Gasteiger partial charge >= 0.3 is 0 Å². The maximum Gasteiger partial charge on any atom is 0.179 e. The SMILES string of the molecule is CCC(C(=O)c1ccccc1)N1CCN(CC)C(C)C1. The van der Waals surface area contributed by atoms with Crippen LogP contribution in [0.25, 0.3) is 0 Å². The van der Waals surface area contributed by atoms with Crippen molar-refractivity contribution in [3.63, 3.8) is 0 Å². The third-order valence-electron chi connectivity index (χ3n) is 4.39. The molecule has 110 valence electrons. The number of carbonyl (C=O) groups is 1. The summed E-state index contributed by atoms with van der Waals surface area (Å²) in [6.45, 7) is 10.7. The molecule has 0 aromatic heterocycles. The first kappa shape index (κ1) is 15.2. The lowest BCUT2D eigenvalue weighted by molar-refractivity contribution is 0.0485. The standard InChI is InChI=1S/C17H26N2O/c1-4-16(17(20)15-9-7-6-8-10-15)19-12-11-18(5-2)14(3)13-19/h6-10,14,16H,4-5,11-13H2,1-3H3. The molecule has 0 bridgehead atoms. The third kappa shape index (κ3) is 3.28. The van der Waals surface area contributed by atoms with Crippen LogP contribution >= 0.6 is 0 Å². The van der Waals surface area contributed by atoms with Crippen LogP contribution in [0.15, 0.2) is 30.3 Å². The summed E-state index contributed by atoms with van der Waals surface area (Å²) in [7, 11) is 0. The minimum atomic E-state index is 0.0267. The molecule has 0 amide bonds. The van der Waals surface area contributed by atoms with Crippen molar-refractivity contribution in [1.29, 1.82) is 0 Å². The molecule has 1 aliphatic heterocycles. The Morgan fingerprint density at radius 1 is 1.25 bits per heavy atom. The second-order valence-corrected chi connectivity index (χ2v) is 5.63. The van der Waals surface area contributed by atoms with E-state index in [1.165, 1.54) is 0 Å². The second kappa shape index (κ2) is 7.00. The molecule has 1 saturated heterocycles. The number of Topliss-reactive ketones (excluding diaryl/α,β-unsaturated/α-hetero) is 1. The highest BCUT2D eigenvalue weighted by molar-refractivity contribution is 6.00. The summed E-state index contributed by atoms with van der Waals surface area (Å²) in [5, 5.41) is 0. The van der Waals surface area contributed by atoms with Gasteiger partial charge in [-0.1, -0.05) is 44.2 Å². The minimum absolute atomic E-state index is 0.0267. The number of carbonyl (C=O) groups excluding carboxylic acids is 1. The fourth-order valence-corrected chi connectivity index (χ4v) is 3.18. The number of nitrogens with zero attached hydrogens (tertiary/aromatic N) is 2. The summed E-state index contributed by atoms with van der Waals surface area (Å²) < 4.78 is 0. The van der Waals surface area contributed by atoms with E-state index in [1.807, 2.05) is 30.3 Å². The minimum Gasteiger partial charge on any atom is -0.298 e. The van der Waals surface area contributed by atoms with E-state index in [0.717, 1.165) is 38.2 Å². The summed E-state index contributed by atoms with van der Waals surface area (Å²) in [5.74, 6) is 0.269. The number of hydrogen-bond donors (Lipinski definition) is 0. The van der Waals surface area contributed by atoms with Crippen molar-refractivity contribution in [2.75, 3.05) is 26.2 Å². The molecule has 0 aliphatic carbocycles. The van der Waals surface area contributed by atoms with Gasteiger partial charge in [-0.25, -0.2) is 0 Å². The van der Waals surface area contributed by atoms with Crippen LogP contribution in [-0.4, -0.2) is 53.8 Å². The van der Waals surface area contributed by atoms with E-state index in [4.69, 9.17) is 0 Å². The lowest BCUT2D eigenvalue weighted by Crippen LogP contribution is -2.56. The number of likely N-dealkylation sites (N-methyl/N-ethyl adjacent to an activating group) is 1. The maximum absolute atomic E-state index is 12.7. The summed E-state index contributed by atoms with van der Waals surface area (Å²) in [4.78, 5) is 17.5. The number of rotatable bonds is 5. The van der Waals surface area contributed by atoms with E-state index in [9.17, 15) is 4.79 Å². The highest BCUT2D eigenvalue weighted by Gasteiger charge is 2.30. The van der Waals surface area contributed by atoms with Crippen LogP contribution in [-0.2, 0) is 0 Å². The van der Waals surface area contributed by atoms with Crippen LogP contribution in [0, 0.1) is 0 Å². The number of hydrogen-bond acceptors (Lipinski definition) is 3. The molecule has 0 radical (unpaired) electrons. The van der Waals surface area contributed by atoms with Gasteiger partial charge in [0.1, 0.15) is 0 Å². The number of piperazine rings is 1. The molecule has 1 heterocycles. The predicted octanol–water partition coefficient (Wildman–Crippen LogP) is 2.67. The molecule has 2 atom stereocenters. The van der Waals surface area contributed by atoms with Crippen LogP contribution in [0.3, 0.4) is 0 Å². The Bertz CT molecular complexity index is 432. The van der Waals surface area contributed by atoms with Crippen LogP contribution in [0.5, 0.6) is 0 Å². The first-order chi connectivity index (χ1) is 9.67. The molecule has 3 heteroatoms. The lowest BCUT2D eigenvalue weighted by Gasteiger charge is -2.42. The molecular formula is C17H26N2O. The first-order valence-corrected chi connectivity index (χ1v) is 7.74. The van der Waals surface area contributed by atoms with Crippen molar-refractivity contribution >= 4 is 5.78 Å². The zero-order chi connectivity index (χ0) is 14.5. The van der Waals surface area contributed by atoms with Crippen molar-refractivity contribution in [1.82, 2.24) is 9.80 Å². The zero-order valence-electron chi connectivity index (χ0n) is 12.9. The lowest BCUT2D eigenvalue weighted by atomic mass is 9.99. The maximum atomic E-state index is 12.7. The highest BCUT2D eigenvalue weighted by atomic mass is 16.1. The largest absolute Gasteiger partial charge is 0.298 e. The van der Waals surface area contributed by atoms with Gasteiger partial charge in [-0.2, -0.15) is 0 Å². The molecule has 1 aromatic carbocycles. The van der Waals surface area contributed by atoms with Gasteiger partial charge in [0, 0.05) is 31.2 Å². The van der Waals surface area contributed by atoms with E-state index in [-0.39, 0.29) is 11.8 Å². The molecule has 3 nitrogen and oxygen atoms in total. The van der Waals surface area contributed by atoms with Gasteiger partial charge in [0.25, 0.3) is 0 Å². The molecule has 0 spiro atoms. The molecular weight excluding hydrogens is 248 g/mol. The van der Waals surface area contributed by atoms with E-state index < -0.39 is 0 Å². The molecule has 2 unspecified atom stereocenters. The molecule has 1 fully saturated rings. The molecule has 0 N–H and O–H groups in total. The van der Waals surface area contributed by atoms with Crippen molar-refractivity contribution in [2.45, 2.75) is 39.3 Å². The monoisotopic (exact) mass is 274 g/mol. The van der Waals surface area contributed by atoms with Crippen molar-refractivity contribution in [3.05, 3.63) is 35.9 Å². The fourth-order valence-electron chi connectivity index (χ4n) is 3.18. The summed E-state index contributed by atoms with van der Waals surface area (Å²) >= 11 is 0. The van der Waals surface area contributed by atoms with Crippen molar-refractivity contribution in [3.8, 4) is 0 Å². The number of benzene rings is 1. The Labute approximate surface area is 122 Å². The highest BCUT2D eigenvalue weighted by Crippen LogP contribution is 2.17. The molecule has 2 rings (SSSR count). The van der Waals surface area contributed by atoms with Crippen molar-refractivity contribution in [2.24, 2.45) is 0 Å². The van der Waals surface area contributed by atoms with Crippen LogP contribution < -0.4 is 0 Å². The first-order valence-electron chi connectivity index (χ1n) is 7.74. The average molecular weight is 274 g/mol. The van der Waals surface area contributed by atoms with Gasteiger partial charge in [0.05, 0.1) is 6.04 Å². The van der Waals surface area contributed by atoms with Gasteiger partial charge in [-0.15, -0.1) is 0 Å². The third-order valence-corrected chi connectivity index (χ3v) is 4.39. The van der Waals surface area contributed by atoms with E-state index in [1.54, 1.807) is 0 Å². The van der Waals surface area contributed by atoms with Crippen LogP contribution in [0.4, 0.5) is 0 Å².